The van der Waals surface area contributed by atoms with Crippen LogP contribution >= 0.6 is 0 Å². The molecule has 0 saturated heterocycles. The van der Waals surface area contributed by atoms with Crippen LogP contribution in [0.1, 0.15) is 32.2 Å². The summed E-state index contributed by atoms with van der Waals surface area (Å²) in [6.07, 6.45) is 0. The molecule has 0 spiro atoms. The predicted octanol–water partition coefficient (Wildman–Crippen LogP) is 2.41. The number of Topliss-reactive ketones (excluding diaryl/α,β-unsaturated/α-hetero) is 1. The lowest BCUT2D eigenvalue weighted by Crippen LogP contribution is -2.27. The van der Waals surface area contributed by atoms with E-state index in [-0.39, 0.29) is 17.6 Å². The molecule has 4 heteroatoms. The molecule has 0 radical (unpaired) electrons. The van der Waals surface area contributed by atoms with E-state index < -0.39 is 0 Å². The fourth-order valence-electron chi connectivity index (χ4n) is 2.57. The summed E-state index contributed by atoms with van der Waals surface area (Å²) >= 11 is 0. The molecule has 1 aliphatic heterocycles. The number of nitrogens with one attached hydrogen (secondary N) is 1. The molecular formula is C17H15NO3. The van der Waals surface area contributed by atoms with E-state index in [1.165, 1.54) is 0 Å². The smallest absolute Gasteiger partial charge is 0.252 e. The Labute approximate surface area is 122 Å². The maximum absolute atomic E-state index is 12.7. The Hall–Kier alpha value is -2.62. The van der Waals surface area contributed by atoms with Gasteiger partial charge in [0.2, 0.25) is 0 Å². The molecule has 2 aromatic carbocycles. The monoisotopic (exact) mass is 281 g/mol. The van der Waals surface area contributed by atoms with E-state index in [9.17, 15) is 9.59 Å². The number of fused-ring (bicyclic) bond motifs is 1. The molecule has 0 fully saturated rings. The number of ether oxygens (including phenoxy) is 1. The molecular weight excluding hydrogens is 266 g/mol. The maximum Gasteiger partial charge on any atom is 0.252 e. The van der Waals surface area contributed by atoms with E-state index in [0.29, 0.717) is 17.7 Å². The van der Waals surface area contributed by atoms with Crippen molar-refractivity contribution in [1.29, 1.82) is 0 Å². The molecule has 106 valence electrons. The largest absolute Gasteiger partial charge is 0.497 e. The molecule has 0 saturated carbocycles. The summed E-state index contributed by atoms with van der Waals surface area (Å²) in [6, 6.07) is 14.3. The van der Waals surface area contributed by atoms with E-state index >= 15 is 0 Å². The van der Waals surface area contributed by atoms with Crippen LogP contribution in [0.5, 0.6) is 5.75 Å². The van der Waals surface area contributed by atoms with Crippen LogP contribution in [0.2, 0.25) is 0 Å². The number of carbonyl (C=O) groups is 2. The lowest BCUT2D eigenvalue weighted by Gasteiger charge is -2.14. The lowest BCUT2D eigenvalue weighted by molar-refractivity contribution is 0.0952. The highest BCUT2D eigenvalue weighted by molar-refractivity contribution is 6.12. The first-order valence-corrected chi connectivity index (χ1v) is 6.76. The van der Waals surface area contributed by atoms with Gasteiger partial charge in [-0.05, 0) is 23.8 Å². The van der Waals surface area contributed by atoms with Crippen LogP contribution in [0.15, 0.2) is 48.5 Å². The minimum absolute atomic E-state index is 0.0332. The maximum atomic E-state index is 12.7. The summed E-state index contributed by atoms with van der Waals surface area (Å²) < 4.78 is 5.13. The van der Waals surface area contributed by atoms with Gasteiger partial charge in [0.25, 0.3) is 5.91 Å². The molecule has 1 unspecified atom stereocenters. The molecule has 1 aliphatic rings. The van der Waals surface area contributed by atoms with Crippen LogP contribution in [-0.2, 0) is 0 Å². The van der Waals surface area contributed by atoms with Crippen molar-refractivity contribution in [3.05, 3.63) is 65.2 Å². The highest BCUT2D eigenvalue weighted by atomic mass is 16.5. The summed E-state index contributed by atoms with van der Waals surface area (Å²) in [5.41, 5.74) is 1.80. The third-order valence-electron chi connectivity index (χ3n) is 3.74. The van der Waals surface area contributed by atoms with Crippen molar-refractivity contribution in [2.24, 2.45) is 0 Å². The number of methoxy groups -OCH3 is 1. The van der Waals surface area contributed by atoms with E-state index in [0.717, 1.165) is 11.3 Å². The van der Waals surface area contributed by atoms with Gasteiger partial charge in [0.1, 0.15) is 5.75 Å². The van der Waals surface area contributed by atoms with Gasteiger partial charge >= 0.3 is 0 Å². The Kier molecular flexibility index (Phi) is 3.44. The number of benzene rings is 2. The van der Waals surface area contributed by atoms with Crippen molar-refractivity contribution in [1.82, 2.24) is 5.32 Å². The van der Waals surface area contributed by atoms with Gasteiger partial charge in [-0.25, -0.2) is 0 Å². The van der Waals surface area contributed by atoms with Gasteiger partial charge in [0, 0.05) is 12.1 Å². The Morgan fingerprint density at radius 2 is 1.67 bits per heavy atom. The minimum Gasteiger partial charge on any atom is -0.497 e. The molecule has 0 aliphatic carbocycles. The first kappa shape index (κ1) is 13.4. The van der Waals surface area contributed by atoms with Crippen LogP contribution < -0.4 is 10.1 Å². The fourth-order valence-corrected chi connectivity index (χ4v) is 2.57. The molecule has 21 heavy (non-hydrogen) atoms. The molecule has 2 aromatic rings. The van der Waals surface area contributed by atoms with Crippen LogP contribution in [0.4, 0.5) is 0 Å². The Balaban J connectivity index is 2.01. The number of hydrogen-bond donors (Lipinski definition) is 1. The second kappa shape index (κ2) is 5.40. The molecule has 1 atom stereocenters. The Morgan fingerprint density at radius 3 is 2.33 bits per heavy atom. The van der Waals surface area contributed by atoms with Crippen molar-refractivity contribution < 1.29 is 14.3 Å². The number of ketones is 1. The summed E-state index contributed by atoms with van der Waals surface area (Å²) in [5.74, 6) is 0.136. The van der Waals surface area contributed by atoms with Crippen LogP contribution in [0.25, 0.3) is 0 Å². The average molecular weight is 281 g/mol. The lowest BCUT2D eigenvalue weighted by atomic mass is 9.90. The zero-order valence-corrected chi connectivity index (χ0v) is 11.6. The van der Waals surface area contributed by atoms with Gasteiger partial charge in [-0.2, -0.15) is 0 Å². The van der Waals surface area contributed by atoms with Crippen LogP contribution in [0, 0.1) is 0 Å². The second-order valence-corrected chi connectivity index (χ2v) is 4.95. The van der Waals surface area contributed by atoms with E-state index in [2.05, 4.69) is 5.32 Å². The van der Waals surface area contributed by atoms with Crippen molar-refractivity contribution in [2.45, 2.75) is 5.92 Å². The molecule has 1 heterocycles. The second-order valence-electron chi connectivity index (χ2n) is 4.95. The third kappa shape index (κ3) is 2.40. The summed E-state index contributed by atoms with van der Waals surface area (Å²) in [7, 11) is 1.60. The van der Waals surface area contributed by atoms with E-state index in [1.807, 2.05) is 24.3 Å². The first-order chi connectivity index (χ1) is 10.2. The summed E-state index contributed by atoms with van der Waals surface area (Å²) in [4.78, 5) is 24.8. The number of hydrogen-bond acceptors (Lipinski definition) is 3. The van der Waals surface area contributed by atoms with Gasteiger partial charge in [-0.1, -0.05) is 30.3 Å². The third-order valence-corrected chi connectivity index (χ3v) is 3.74. The van der Waals surface area contributed by atoms with Gasteiger partial charge in [-0.3, -0.25) is 9.59 Å². The molecule has 3 rings (SSSR count). The topological polar surface area (TPSA) is 55.4 Å². The van der Waals surface area contributed by atoms with Crippen molar-refractivity contribution >= 4 is 11.7 Å². The number of amides is 1. The highest BCUT2D eigenvalue weighted by Gasteiger charge is 2.29. The standard InChI is InChI=1S/C17H15NO3/c1-21-12-8-6-11(7-9-12)15-10-18-17(20)14-5-3-2-4-13(14)16(15)19/h2-9,15H,10H2,1H3,(H,18,20). The Morgan fingerprint density at radius 1 is 1.00 bits per heavy atom. The Bertz CT molecular complexity index is 691. The normalized spacial score (nSPS) is 17.7. The summed E-state index contributed by atoms with van der Waals surface area (Å²) in [5, 5.41) is 2.82. The van der Waals surface area contributed by atoms with Gasteiger partial charge < -0.3 is 10.1 Å². The van der Waals surface area contributed by atoms with E-state index in [1.54, 1.807) is 31.4 Å². The zero-order chi connectivity index (χ0) is 14.8. The molecule has 4 nitrogen and oxygen atoms in total. The zero-order valence-electron chi connectivity index (χ0n) is 11.6. The fraction of sp³-hybridized carbons (Fsp3) is 0.176. The van der Waals surface area contributed by atoms with E-state index in [4.69, 9.17) is 4.74 Å². The SMILES string of the molecule is COc1ccc(C2CNC(=O)c3ccccc3C2=O)cc1. The van der Waals surface area contributed by atoms with Crippen molar-refractivity contribution in [3.63, 3.8) is 0 Å². The summed E-state index contributed by atoms with van der Waals surface area (Å²) in [6.45, 7) is 0.304. The van der Waals surface area contributed by atoms with Crippen LogP contribution in [-0.4, -0.2) is 25.3 Å². The molecule has 1 N–H and O–H groups in total. The van der Waals surface area contributed by atoms with Gasteiger partial charge in [-0.15, -0.1) is 0 Å². The molecule has 1 amide bonds. The molecule has 0 aromatic heterocycles. The number of rotatable bonds is 2. The predicted molar refractivity (Wildman–Crippen MR) is 78.8 cm³/mol. The average Bonchev–Trinajstić information content (AvgIpc) is 2.66. The van der Waals surface area contributed by atoms with Crippen LogP contribution in [0.3, 0.4) is 0 Å². The van der Waals surface area contributed by atoms with Crippen molar-refractivity contribution in [3.8, 4) is 5.75 Å². The quantitative estimate of drug-likeness (QED) is 0.919. The number of carbonyl (C=O) groups excluding carboxylic acids is 2. The minimum atomic E-state index is -0.372. The first-order valence-electron chi connectivity index (χ1n) is 6.76. The van der Waals surface area contributed by atoms with Gasteiger partial charge in [0.05, 0.1) is 18.6 Å². The van der Waals surface area contributed by atoms with Gasteiger partial charge in [0.15, 0.2) is 5.78 Å². The highest BCUT2D eigenvalue weighted by Crippen LogP contribution is 2.26. The molecule has 0 bridgehead atoms. The van der Waals surface area contributed by atoms with Crippen molar-refractivity contribution in [2.75, 3.05) is 13.7 Å².